The summed E-state index contributed by atoms with van der Waals surface area (Å²) in [5.41, 5.74) is 0.539. The maximum Gasteiger partial charge on any atom is 0.383 e. The SMILES string of the molecule is CC(NC(=O)C(F)(F)C(F)F)c1ccc(Br)cc1. The molecule has 0 aliphatic rings. The highest BCUT2D eigenvalue weighted by molar-refractivity contribution is 9.10. The zero-order valence-electron chi connectivity index (χ0n) is 9.26. The Morgan fingerprint density at radius 1 is 1.28 bits per heavy atom. The van der Waals surface area contributed by atoms with Crippen LogP contribution in [-0.2, 0) is 4.79 Å². The summed E-state index contributed by atoms with van der Waals surface area (Å²) in [7, 11) is 0. The molecular formula is C11H10BrF4NO. The van der Waals surface area contributed by atoms with Crippen molar-refractivity contribution in [3.63, 3.8) is 0 Å². The van der Waals surface area contributed by atoms with E-state index < -0.39 is 24.3 Å². The first-order valence-electron chi connectivity index (χ1n) is 4.97. The lowest BCUT2D eigenvalue weighted by molar-refractivity contribution is -0.170. The van der Waals surface area contributed by atoms with Gasteiger partial charge in [-0.1, -0.05) is 28.1 Å². The molecule has 0 saturated carbocycles. The van der Waals surface area contributed by atoms with Crippen molar-refractivity contribution in [1.82, 2.24) is 5.32 Å². The van der Waals surface area contributed by atoms with Gasteiger partial charge < -0.3 is 5.32 Å². The minimum absolute atomic E-state index is 0.539. The van der Waals surface area contributed by atoms with E-state index in [0.29, 0.717) is 5.56 Å². The Bertz CT molecular complexity index is 422. The van der Waals surface area contributed by atoms with Gasteiger partial charge in [0.15, 0.2) is 0 Å². The third-order valence-electron chi connectivity index (χ3n) is 2.29. The minimum atomic E-state index is -4.68. The Balaban J connectivity index is 2.73. The van der Waals surface area contributed by atoms with Gasteiger partial charge in [0.05, 0.1) is 6.04 Å². The number of alkyl halides is 4. The highest BCUT2D eigenvalue weighted by Crippen LogP contribution is 2.24. The molecule has 1 unspecified atom stereocenters. The largest absolute Gasteiger partial charge is 0.383 e. The van der Waals surface area contributed by atoms with Crippen molar-refractivity contribution in [2.75, 3.05) is 0 Å². The van der Waals surface area contributed by atoms with E-state index in [0.717, 1.165) is 4.47 Å². The molecule has 1 rings (SSSR count). The first-order chi connectivity index (χ1) is 8.25. The van der Waals surface area contributed by atoms with Gasteiger partial charge in [-0.25, -0.2) is 8.78 Å². The average Bonchev–Trinajstić information content (AvgIpc) is 2.29. The Labute approximate surface area is 109 Å². The van der Waals surface area contributed by atoms with Crippen molar-refractivity contribution in [3.8, 4) is 0 Å². The molecule has 0 radical (unpaired) electrons. The lowest BCUT2D eigenvalue weighted by Crippen LogP contribution is -2.45. The average molecular weight is 328 g/mol. The van der Waals surface area contributed by atoms with E-state index in [-0.39, 0.29) is 0 Å². The maximum atomic E-state index is 12.7. The third-order valence-corrected chi connectivity index (χ3v) is 2.82. The van der Waals surface area contributed by atoms with E-state index in [9.17, 15) is 22.4 Å². The van der Waals surface area contributed by atoms with Crippen LogP contribution in [-0.4, -0.2) is 18.3 Å². The van der Waals surface area contributed by atoms with Crippen LogP contribution in [0.2, 0.25) is 0 Å². The fraction of sp³-hybridized carbons (Fsp3) is 0.364. The molecule has 0 heterocycles. The summed E-state index contributed by atoms with van der Waals surface area (Å²) in [6, 6.07) is 5.72. The molecule has 18 heavy (non-hydrogen) atoms. The molecule has 1 amide bonds. The second-order valence-corrected chi connectivity index (χ2v) is 4.59. The minimum Gasteiger partial charge on any atom is -0.344 e. The van der Waals surface area contributed by atoms with Gasteiger partial charge in [0.1, 0.15) is 0 Å². The molecule has 0 bridgehead atoms. The van der Waals surface area contributed by atoms with Crippen molar-refractivity contribution in [2.45, 2.75) is 25.3 Å². The fourth-order valence-corrected chi connectivity index (χ4v) is 1.49. The van der Waals surface area contributed by atoms with Crippen molar-refractivity contribution < 1.29 is 22.4 Å². The highest BCUT2D eigenvalue weighted by atomic mass is 79.9. The van der Waals surface area contributed by atoms with Gasteiger partial charge in [-0.3, -0.25) is 4.79 Å². The van der Waals surface area contributed by atoms with Crippen LogP contribution in [0.1, 0.15) is 18.5 Å². The van der Waals surface area contributed by atoms with Crippen LogP contribution in [0.5, 0.6) is 0 Å². The van der Waals surface area contributed by atoms with E-state index in [2.05, 4.69) is 15.9 Å². The molecule has 1 aromatic rings. The zero-order valence-corrected chi connectivity index (χ0v) is 10.8. The van der Waals surface area contributed by atoms with Crippen molar-refractivity contribution in [1.29, 1.82) is 0 Å². The molecule has 0 spiro atoms. The van der Waals surface area contributed by atoms with Gasteiger partial charge in [0, 0.05) is 4.47 Å². The van der Waals surface area contributed by atoms with Crippen LogP contribution < -0.4 is 5.32 Å². The van der Waals surface area contributed by atoms with Crippen molar-refractivity contribution >= 4 is 21.8 Å². The van der Waals surface area contributed by atoms with Gasteiger partial charge >= 0.3 is 12.3 Å². The van der Waals surface area contributed by atoms with Crippen LogP contribution in [0.3, 0.4) is 0 Å². The van der Waals surface area contributed by atoms with Gasteiger partial charge in [-0.05, 0) is 24.6 Å². The van der Waals surface area contributed by atoms with Crippen LogP contribution in [0.25, 0.3) is 0 Å². The number of benzene rings is 1. The molecule has 1 aromatic carbocycles. The van der Waals surface area contributed by atoms with Gasteiger partial charge in [0.2, 0.25) is 0 Å². The van der Waals surface area contributed by atoms with E-state index in [4.69, 9.17) is 0 Å². The molecule has 0 aliphatic heterocycles. The summed E-state index contributed by atoms with van der Waals surface area (Å²) in [5.74, 6) is -6.66. The lowest BCUT2D eigenvalue weighted by atomic mass is 10.1. The van der Waals surface area contributed by atoms with Gasteiger partial charge in [-0.2, -0.15) is 8.78 Å². The zero-order chi connectivity index (χ0) is 13.9. The molecule has 7 heteroatoms. The number of hydrogen-bond acceptors (Lipinski definition) is 1. The number of halogens is 5. The second-order valence-electron chi connectivity index (χ2n) is 3.67. The van der Waals surface area contributed by atoms with E-state index >= 15 is 0 Å². The lowest BCUT2D eigenvalue weighted by Gasteiger charge is -2.19. The fourth-order valence-electron chi connectivity index (χ4n) is 1.23. The first-order valence-corrected chi connectivity index (χ1v) is 5.77. The maximum absolute atomic E-state index is 12.7. The first kappa shape index (κ1) is 14.9. The number of nitrogens with one attached hydrogen (secondary N) is 1. The van der Waals surface area contributed by atoms with Crippen LogP contribution in [0.15, 0.2) is 28.7 Å². The monoisotopic (exact) mass is 327 g/mol. The van der Waals surface area contributed by atoms with Crippen LogP contribution in [0, 0.1) is 0 Å². The number of carbonyl (C=O) groups excluding carboxylic acids is 1. The second kappa shape index (κ2) is 5.69. The molecule has 1 atom stereocenters. The topological polar surface area (TPSA) is 29.1 Å². The van der Waals surface area contributed by atoms with Crippen LogP contribution >= 0.6 is 15.9 Å². The summed E-state index contributed by atoms with van der Waals surface area (Å²) in [4.78, 5) is 11.0. The number of rotatable bonds is 4. The van der Waals surface area contributed by atoms with Crippen molar-refractivity contribution in [3.05, 3.63) is 34.3 Å². The Morgan fingerprint density at radius 3 is 2.22 bits per heavy atom. The molecule has 1 N–H and O–H groups in total. The molecule has 100 valence electrons. The predicted molar refractivity (Wildman–Crippen MR) is 61.7 cm³/mol. The summed E-state index contributed by atoms with van der Waals surface area (Å²) in [5, 5.41) is 1.85. The Kier molecular flexibility index (Phi) is 4.72. The molecule has 0 fully saturated rings. The molecule has 0 aromatic heterocycles. The number of hydrogen-bond donors (Lipinski definition) is 1. The normalized spacial score (nSPS) is 13.5. The van der Waals surface area contributed by atoms with E-state index in [1.807, 2.05) is 5.32 Å². The van der Waals surface area contributed by atoms with Gasteiger partial charge in [0.25, 0.3) is 5.91 Å². The Hall–Kier alpha value is -1.11. The number of carbonyl (C=O) groups is 1. The summed E-state index contributed by atoms with van der Waals surface area (Å²) < 4.78 is 50.1. The highest BCUT2D eigenvalue weighted by Gasteiger charge is 2.49. The summed E-state index contributed by atoms with van der Waals surface area (Å²) in [6.45, 7) is 1.43. The molecule has 2 nitrogen and oxygen atoms in total. The van der Waals surface area contributed by atoms with Gasteiger partial charge in [-0.15, -0.1) is 0 Å². The van der Waals surface area contributed by atoms with E-state index in [1.165, 1.54) is 6.92 Å². The standard InChI is InChI=1S/C11H10BrF4NO/c1-6(7-2-4-8(12)5-3-7)17-10(18)11(15,16)9(13)14/h2-6,9H,1H3,(H,17,18). The predicted octanol–water partition coefficient (Wildman–Crippen LogP) is 3.53. The quantitative estimate of drug-likeness (QED) is 0.842. The Morgan fingerprint density at radius 2 is 1.78 bits per heavy atom. The smallest absolute Gasteiger partial charge is 0.344 e. The summed E-state index contributed by atoms with van der Waals surface area (Å²) >= 11 is 3.19. The summed E-state index contributed by atoms with van der Waals surface area (Å²) in [6.07, 6.45) is -4.02. The van der Waals surface area contributed by atoms with Crippen molar-refractivity contribution in [2.24, 2.45) is 0 Å². The molecule has 0 saturated heterocycles. The molecular weight excluding hydrogens is 318 g/mol. The van der Waals surface area contributed by atoms with E-state index in [1.54, 1.807) is 24.3 Å². The molecule has 0 aliphatic carbocycles. The third kappa shape index (κ3) is 3.44. The van der Waals surface area contributed by atoms with Crippen LogP contribution in [0.4, 0.5) is 17.6 Å². The number of amides is 1.